The van der Waals surface area contributed by atoms with E-state index < -0.39 is 5.91 Å². The number of rotatable bonds is 5. The molecule has 1 aromatic rings. The number of nitrogens with zero attached hydrogens (tertiary/aromatic N) is 1. The number of pyridine rings is 1. The molecular formula is C9H13N3O2. The van der Waals surface area contributed by atoms with Gasteiger partial charge in [0.05, 0.1) is 11.7 Å². The number of primary amides is 1. The molecule has 1 aromatic heterocycles. The van der Waals surface area contributed by atoms with Gasteiger partial charge >= 0.3 is 0 Å². The molecule has 0 fully saturated rings. The molecule has 0 aliphatic rings. The molecule has 1 rings (SSSR count). The summed E-state index contributed by atoms with van der Waals surface area (Å²) in [7, 11) is 0. The highest BCUT2D eigenvalue weighted by atomic mass is 16.6. The zero-order valence-electron chi connectivity index (χ0n) is 7.93. The Balaban J connectivity index is 2.36. The lowest BCUT2D eigenvalue weighted by Gasteiger charge is -2.11. The fourth-order valence-corrected chi connectivity index (χ4v) is 0.930. The van der Waals surface area contributed by atoms with Crippen molar-refractivity contribution >= 4 is 5.91 Å². The zero-order valence-corrected chi connectivity index (χ0v) is 7.93. The Morgan fingerprint density at radius 2 is 2.50 bits per heavy atom. The second-order valence-electron chi connectivity index (χ2n) is 2.85. The molecule has 1 unspecified atom stereocenters. The molecule has 0 aliphatic carbocycles. The molecule has 5 heteroatoms. The van der Waals surface area contributed by atoms with E-state index in [2.05, 4.69) is 10.5 Å². The number of aromatic nitrogens is 1. The summed E-state index contributed by atoms with van der Waals surface area (Å²) in [4.78, 5) is 19.3. The fourth-order valence-electron chi connectivity index (χ4n) is 0.930. The van der Waals surface area contributed by atoms with Crippen molar-refractivity contribution in [2.24, 2.45) is 5.73 Å². The summed E-state index contributed by atoms with van der Waals surface area (Å²) in [5, 5.41) is 0. The Morgan fingerprint density at radius 3 is 3.07 bits per heavy atom. The number of nitrogens with one attached hydrogen (secondary N) is 1. The molecule has 0 aromatic carbocycles. The van der Waals surface area contributed by atoms with Gasteiger partial charge in [0.25, 0.3) is 0 Å². The number of carbonyl (C=O) groups excluding carboxylic acids is 1. The van der Waals surface area contributed by atoms with Crippen molar-refractivity contribution in [2.45, 2.75) is 13.0 Å². The molecule has 0 saturated heterocycles. The molecule has 1 amide bonds. The maximum absolute atomic E-state index is 10.4. The van der Waals surface area contributed by atoms with Gasteiger partial charge in [-0.2, -0.15) is 5.48 Å². The zero-order chi connectivity index (χ0) is 10.4. The lowest BCUT2D eigenvalue weighted by molar-refractivity contribution is -0.126. The third kappa shape index (κ3) is 3.51. The number of carbonyl (C=O) groups is 1. The molecule has 0 spiro atoms. The SMILES string of the molecule is CC(NOCC(N)=O)c1ccccn1. The summed E-state index contributed by atoms with van der Waals surface area (Å²) < 4.78 is 0. The van der Waals surface area contributed by atoms with Gasteiger partial charge in [0.15, 0.2) is 0 Å². The van der Waals surface area contributed by atoms with E-state index in [0.717, 1.165) is 5.69 Å². The van der Waals surface area contributed by atoms with Crippen LogP contribution in [0, 0.1) is 0 Å². The third-order valence-corrected chi connectivity index (χ3v) is 1.61. The lowest BCUT2D eigenvalue weighted by Crippen LogP contribution is -2.27. The smallest absolute Gasteiger partial charge is 0.245 e. The summed E-state index contributed by atoms with van der Waals surface area (Å²) >= 11 is 0. The quantitative estimate of drug-likeness (QED) is 0.655. The van der Waals surface area contributed by atoms with E-state index in [1.54, 1.807) is 6.20 Å². The largest absolute Gasteiger partial charge is 0.368 e. The predicted molar refractivity (Wildman–Crippen MR) is 50.9 cm³/mol. The normalized spacial score (nSPS) is 12.4. The molecular weight excluding hydrogens is 182 g/mol. The Hall–Kier alpha value is -1.46. The van der Waals surface area contributed by atoms with E-state index in [9.17, 15) is 4.79 Å². The average Bonchev–Trinajstić information content (AvgIpc) is 2.18. The fraction of sp³-hybridized carbons (Fsp3) is 0.333. The highest BCUT2D eigenvalue weighted by Gasteiger charge is 2.05. The van der Waals surface area contributed by atoms with Crippen molar-refractivity contribution in [1.82, 2.24) is 10.5 Å². The molecule has 14 heavy (non-hydrogen) atoms. The van der Waals surface area contributed by atoms with Gasteiger partial charge in [-0.25, -0.2) is 0 Å². The number of nitrogens with two attached hydrogens (primary N) is 1. The van der Waals surface area contributed by atoms with Crippen molar-refractivity contribution in [3.63, 3.8) is 0 Å². The predicted octanol–water partition coefficient (Wildman–Crippen LogP) is 0.149. The summed E-state index contributed by atoms with van der Waals surface area (Å²) in [5.41, 5.74) is 8.41. The van der Waals surface area contributed by atoms with Crippen LogP contribution in [0.3, 0.4) is 0 Å². The molecule has 0 bridgehead atoms. The Morgan fingerprint density at radius 1 is 1.71 bits per heavy atom. The molecule has 1 atom stereocenters. The average molecular weight is 195 g/mol. The van der Waals surface area contributed by atoms with Gasteiger partial charge in [-0.3, -0.25) is 14.6 Å². The molecule has 0 radical (unpaired) electrons. The third-order valence-electron chi connectivity index (χ3n) is 1.61. The van der Waals surface area contributed by atoms with Crippen LogP contribution in [0.5, 0.6) is 0 Å². The van der Waals surface area contributed by atoms with Crippen LogP contribution in [-0.2, 0) is 9.63 Å². The van der Waals surface area contributed by atoms with Gasteiger partial charge in [0.1, 0.15) is 6.61 Å². The molecule has 1 heterocycles. The first kappa shape index (κ1) is 10.6. The van der Waals surface area contributed by atoms with Crippen LogP contribution in [0.2, 0.25) is 0 Å². The molecule has 3 N–H and O–H groups in total. The van der Waals surface area contributed by atoms with Crippen LogP contribution in [0.4, 0.5) is 0 Å². The van der Waals surface area contributed by atoms with E-state index in [1.807, 2.05) is 25.1 Å². The molecule has 0 aliphatic heterocycles. The summed E-state index contributed by atoms with van der Waals surface area (Å²) in [6.45, 7) is 1.74. The highest BCUT2D eigenvalue weighted by Crippen LogP contribution is 2.06. The van der Waals surface area contributed by atoms with Crippen LogP contribution in [0.15, 0.2) is 24.4 Å². The monoisotopic (exact) mass is 195 g/mol. The minimum atomic E-state index is -0.509. The van der Waals surface area contributed by atoms with Gasteiger partial charge in [-0.05, 0) is 19.1 Å². The number of hydroxylamine groups is 1. The van der Waals surface area contributed by atoms with Gasteiger partial charge in [-0.1, -0.05) is 6.07 Å². The van der Waals surface area contributed by atoms with E-state index in [-0.39, 0.29) is 12.6 Å². The number of hydrogen-bond acceptors (Lipinski definition) is 4. The van der Waals surface area contributed by atoms with E-state index in [0.29, 0.717) is 0 Å². The standard InChI is InChI=1S/C9H13N3O2/c1-7(12-14-6-9(10)13)8-4-2-3-5-11-8/h2-5,7,12H,6H2,1H3,(H2,10,13). The second kappa shape index (κ2) is 5.31. The maximum atomic E-state index is 10.4. The summed E-state index contributed by atoms with van der Waals surface area (Å²) in [6, 6.07) is 5.51. The van der Waals surface area contributed by atoms with Crippen LogP contribution >= 0.6 is 0 Å². The Kier molecular flexibility index (Phi) is 4.03. The van der Waals surface area contributed by atoms with Crippen molar-refractivity contribution < 1.29 is 9.63 Å². The minimum absolute atomic E-state index is 0.0736. The lowest BCUT2D eigenvalue weighted by atomic mass is 10.2. The van der Waals surface area contributed by atoms with Crippen molar-refractivity contribution in [3.8, 4) is 0 Å². The topological polar surface area (TPSA) is 77.2 Å². The Bertz CT molecular complexity index is 289. The molecule has 76 valence electrons. The van der Waals surface area contributed by atoms with Crippen molar-refractivity contribution in [2.75, 3.05) is 6.61 Å². The van der Waals surface area contributed by atoms with Crippen LogP contribution in [0.25, 0.3) is 0 Å². The second-order valence-corrected chi connectivity index (χ2v) is 2.85. The minimum Gasteiger partial charge on any atom is -0.368 e. The van der Waals surface area contributed by atoms with E-state index in [1.165, 1.54) is 0 Å². The van der Waals surface area contributed by atoms with Crippen molar-refractivity contribution in [3.05, 3.63) is 30.1 Å². The maximum Gasteiger partial charge on any atom is 0.245 e. The van der Waals surface area contributed by atoms with E-state index in [4.69, 9.17) is 10.6 Å². The van der Waals surface area contributed by atoms with Crippen LogP contribution in [-0.4, -0.2) is 17.5 Å². The van der Waals surface area contributed by atoms with Gasteiger partial charge in [0.2, 0.25) is 5.91 Å². The summed E-state index contributed by atoms with van der Waals surface area (Å²) in [5.74, 6) is -0.509. The number of amides is 1. The Labute approximate surface area is 82.2 Å². The van der Waals surface area contributed by atoms with Gasteiger partial charge in [0, 0.05) is 6.20 Å². The first-order chi connectivity index (χ1) is 6.70. The van der Waals surface area contributed by atoms with Gasteiger partial charge in [-0.15, -0.1) is 0 Å². The van der Waals surface area contributed by atoms with Crippen molar-refractivity contribution in [1.29, 1.82) is 0 Å². The highest BCUT2D eigenvalue weighted by molar-refractivity contribution is 5.74. The first-order valence-electron chi connectivity index (χ1n) is 4.26. The summed E-state index contributed by atoms with van der Waals surface area (Å²) in [6.07, 6.45) is 1.70. The molecule has 5 nitrogen and oxygen atoms in total. The number of hydrogen-bond donors (Lipinski definition) is 2. The van der Waals surface area contributed by atoms with E-state index >= 15 is 0 Å². The first-order valence-corrected chi connectivity index (χ1v) is 4.26. The van der Waals surface area contributed by atoms with Crippen LogP contribution < -0.4 is 11.2 Å². The van der Waals surface area contributed by atoms with Crippen LogP contribution in [0.1, 0.15) is 18.7 Å². The molecule has 0 saturated carbocycles. The van der Waals surface area contributed by atoms with Gasteiger partial charge < -0.3 is 5.73 Å².